The molecule has 0 spiro atoms. The minimum Gasteiger partial charge on any atom is -0.311 e. The summed E-state index contributed by atoms with van der Waals surface area (Å²) in [6.45, 7) is 12.2. The number of alkyl halides is 1. The van der Waals surface area contributed by atoms with Crippen LogP contribution in [0.5, 0.6) is 0 Å². The SMILES string of the molecule is CC(Cl)c1nc2cc(Br)cnc2n1CC1C(C)(C)C1(C)C. The van der Waals surface area contributed by atoms with Crippen LogP contribution in [0.1, 0.15) is 45.8 Å². The fraction of sp³-hybridized carbons (Fsp3) is 0.625. The van der Waals surface area contributed by atoms with Crippen molar-refractivity contribution in [1.82, 2.24) is 14.5 Å². The van der Waals surface area contributed by atoms with E-state index in [0.29, 0.717) is 16.7 Å². The van der Waals surface area contributed by atoms with E-state index in [9.17, 15) is 0 Å². The quantitative estimate of drug-likeness (QED) is 0.697. The molecule has 0 saturated heterocycles. The highest BCUT2D eigenvalue weighted by Crippen LogP contribution is 2.69. The lowest BCUT2D eigenvalue weighted by atomic mass is 10.0. The van der Waals surface area contributed by atoms with E-state index in [1.807, 2.05) is 19.2 Å². The lowest BCUT2D eigenvalue weighted by Crippen LogP contribution is -2.09. The number of hydrogen-bond acceptors (Lipinski definition) is 2. The molecular weight excluding hydrogens is 350 g/mol. The number of fused-ring (bicyclic) bond motifs is 1. The van der Waals surface area contributed by atoms with Crippen LogP contribution in [0.3, 0.4) is 0 Å². The Labute approximate surface area is 139 Å². The molecule has 0 aromatic carbocycles. The van der Waals surface area contributed by atoms with Gasteiger partial charge in [-0.3, -0.25) is 0 Å². The molecule has 1 aliphatic rings. The molecule has 21 heavy (non-hydrogen) atoms. The molecule has 0 aliphatic heterocycles. The van der Waals surface area contributed by atoms with Crippen molar-refractivity contribution in [2.45, 2.75) is 46.5 Å². The zero-order valence-corrected chi connectivity index (χ0v) is 15.5. The molecule has 0 radical (unpaired) electrons. The molecule has 0 N–H and O–H groups in total. The summed E-state index contributed by atoms with van der Waals surface area (Å²) < 4.78 is 3.15. The van der Waals surface area contributed by atoms with Crippen molar-refractivity contribution in [3.63, 3.8) is 0 Å². The average molecular weight is 371 g/mol. The van der Waals surface area contributed by atoms with Gasteiger partial charge in [0.1, 0.15) is 11.3 Å². The van der Waals surface area contributed by atoms with E-state index < -0.39 is 0 Å². The number of rotatable bonds is 3. The van der Waals surface area contributed by atoms with Gasteiger partial charge in [-0.25, -0.2) is 9.97 Å². The number of pyridine rings is 1. The summed E-state index contributed by atoms with van der Waals surface area (Å²) in [4.78, 5) is 9.24. The van der Waals surface area contributed by atoms with Crippen LogP contribution in [0.4, 0.5) is 0 Å². The van der Waals surface area contributed by atoms with Gasteiger partial charge in [0.05, 0.1) is 5.38 Å². The van der Waals surface area contributed by atoms with Crippen molar-refractivity contribution in [1.29, 1.82) is 0 Å². The Hall–Kier alpha value is -0.610. The molecule has 2 aromatic rings. The monoisotopic (exact) mass is 369 g/mol. The van der Waals surface area contributed by atoms with Crippen LogP contribution >= 0.6 is 27.5 Å². The van der Waals surface area contributed by atoms with Crippen LogP contribution in [-0.4, -0.2) is 14.5 Å². The van der Waals surface area contributed by atoms with Crippen LogP contribution in [0.25, 0.3) is 11.2 Å². The van der Waals surface area contributed by atoms with Crippen LogP contribution in [0, 0.1) is 16.7 Å². The number of halogens is 2. The fourth-order valence-electron chi connectivity index (χ4n) is 3.46. The predicted octanol–water partition coefficient (Wildman–Crippen LogP) is 5.18. The van der Waals surface area contributed by atoms with Gasteiger partial charge in [-0.2, -0.15) is 0 Å². The van der Waals surface area contributed by atoms with E-state index in [2.05, 4.69) is 58.2 Å². The Morgan fingerprint density at radius 2 is 1.95 bits per heavy atom. The smallest absolute Gasteiger partial charge is 0.160 e. The molecule has 0 amide bonds. The lowest BCUT2D eigenvalue weighted by Gasteiger charge is -2.11. The second-order valence-electron chi connectivity index (χ2n) is 7.19. The highest BCUT2D eigenvalue weighted by molar-refractivity contribution is 9.10. The zero-order chi connectivity index (χ0) is 15.6. The van der Waals surface area contributed by atoms with Gasteiger partial charge >= 0.3 is 0 Å². The summed E-state index contributed by atoms with van der Waals surface area (Å²) in [7, 11) is 0. The normalized spacial score (nSPS) is 21.7. The first-order valence-electron chi connectivity index (χ1n) is 7.32. The van der Waals surface area contributed by atoms with Gasteiger partial charge in [-0.05, 0) is 45.7 Å². The molecule has 2 aromatic heterocycles. The summed E-state index contributed by atoms with van der Waals surface area (Å²) in [5.74, 6) is 1.53. The molecule has 0 bridgehead atoms. The third-order valence-electron chi connectivity index (χ3n) is 5.62. The molecule has 3 nitrogen and oxygen atoms in total. The van der Waals surface area contributed by atoms with E-state index in [0.717, 1.165) is 28.0 Å². The minimum atomic E-state index is -0.122. The first-order chi connectivity index (χ1) is 9.66. The van der Waals surface area contributed by atoms with Crippen molar-refractivity contribution < 1.29 is 0 Å². The van der Waals surface area contributed by atoms with Crippen molar-refractivity contribution in [3.8, 4) is 0 Å². The summed E-state index contributed by atoms with van der Waals surface area (Å²) in [5, 5.41) is -0.122. The largest absolute Gasteiger partial charge is 0.311 e. The topological polar surface area (TPSA) is 30.7 Å². The second kappa shape index (κ2) is 4.69. The van der Waals surface area contributed by atoms with E-state index in [-0.39, 0.29) is 5.38 Å². The summed E-state index contributed by atoms with van der Waals surface area (Å²) in [6, 6.07) is 2.00. The van der Waals surface area contributed by atoms with Crippen LogP contribution in [0.2, 0.25) is 0 Å². The van der Waals surface area contributed by atoms with E-state index >= 15 is 0 Å². The van der Waals surface area contributed by atoms with Gasteiger partial charge in [0.15, 0.2) is 5.65 Å². The van der Waals surface area contributed by atoms with E-state index in [4.69, 9.17) is 11.6 Å². The molecule has 1 unspecified atom stereocenters. The molecule has 1 atom stereocenters. The molecule has 114 valence electrons. The molecule has 2 heterocycles. The van der Waals surface area contributed by atoms with Crippen molar-refractivity contribution in [3.05, 3.63) is 22.6 Å². The molecule has 5 heteroatoms. The van der Waals surface area contributed by atoms with E-state index in [1.54, 1.807) is 0 Å². The molecular formula is C16H21BrClN3. The third kappa shape index (κ3) is 2.22. The standard InChI is InChI=1S/C16H21BrClN3/c1-9(18)13-20-11-6-10(17)7-19-14(11)21(13)8-12-15(2,3)16(12,4)5/h6-7,9,12H,8H2,1-5H3. The maximum Gasteiger partial charge on any atom is 0.160 e. The Kier molecular flexibility index (Phi) is 3.42. The first kappa shape index (κ1) is 15.3. The van der Waals surface area contributed by atoms with Gasteiger partial charge in [0, 0.05) is 17.2 Å². The van der Waals surface area contributed by atoms with Gasteiger partial charge in [0.2, 0.25) is 0 Å². The van der Waals surface area contributed by atoms with Crippen LogP contribution in [0.15, 0.2) is 16.7 Å². The minimum absolute atomic E-state index is 0.122. The number of aromatic nitrogens is 3. The van der Waals surface area contributed by atoms with Crippen molar-refractivity contribution in [2.75, 3.05) is 0 Å². The maximum absolute atomic E-state index is 6.34. The van der Waals surface area contributed by atoms with Gasteiger partial charge in [-0.15, -0.1) is 11.6 Å². The molecule has 1 fully saturated rings. The highest BCUT2D eigenvalue weighted by atomic mass is 79.9. The number of hydrogen-bond donors (Lipinski definition) is 0. The van der Waals surface area contributed by atoms with Gasteiger partial charge < -0.3 is 4.57 Å². The molecule has 1 saturated carbocycles. The summed E-state index contributed by atoms with van der Waals surface area (Å²) >= 11 is 9.80. The molecule has 3 rings (SSSR count). The molecule has 1 aliphatic carbocycles. The van der Waals surface area contributed by atoms with Gasteiger partial charge in [-0.1, -0.05) is 27.7 Å². The third-order valence-corrected chi connectivity index (χ3v) is 6.25. The first-order valence-corrected chi connectivity index (χ1v) is 8.55. The average Bonchev–Trinajstić information content (AvgIpc) is 2.70. The second-order valence-corrected chi connectivity index (χ2v) is 8.76. The Morgan fingerprint density at radius 3 is 2.48 bits per heavy atom. The number of imidazole rings is 1. The van der Waals surface area contributed by atoms with Crippen LogP contribution < -0.4 is 0 Å². The van der Waals surface area contributed by atoms with Crippen molar-refractivity contribution in [2.24, 2.45) is 16.7 Å². The maximum atomic E-state index is 6.34. The summed E-state index contributed by atoms with van der Waals surface area (Å²) in [6.07, 6.45) is 1.83. The van der Waals surface area contributed by atoms with E-state index in [1.165, 1.54) is 0 Å². The van der Waals surface area contributed by atoms with Crippen molar-refractivity contribution >= 4 is 38.7 Å². The van der Waals surface area contributed by atoms with Crippen LogP contribution in [-0.2, 0) is 6.54 Å². The Balaban J connectivity index is 2.07. The summed E-state index contributed by atoms with van der Waals surface area (Å²) in [5.41, 5.74) is 2.51. The Bertz CT molecular complexity index is 689. The fourth-order valence-corrected chi connectivity index (χ4v) is 3.95. The zero-order valence-electron chi connectivity index (χ0n) is 13.1. The predicted molar refractivity (Wildman–Crippen MR) is 90.5 cm³/mol. The number of nitrogens with zero attached hydrogens (tertiary/aromatic N) is 3. The van der Waals surface area contributed by atoms with Gasteiger partial charge in [0.25, 0.3) is 0 Å². The lowest BCUT2D eigenvalue weighted by molar-refractivity contribution is 0.457. The highest BCUT2D eigenvalue weighted by Gasteiger charge is 2.64. The Morgan fingerprint density at radius 1 is 1.33 bits per heavy atom.